The Morgan fingerprint density at radius 3 is 2.04 bits per heavy atom. The highest BCUT2D eigenvalue weighted by Crippen LogP contribution is 2.86. The fraction of sp³-hybridized carbons (Fsp3) is 0.844. The smallest absolute Gasteiger partial charge is 0.305 e. The molecule has 45 heavy (non-hydrogen) atoms. The molecule has 0 heterocycles. The molecule has 13 heteroatoms. The van der Waals surface area contributed by atoms with Crippen molar-refractivity contribution in [3.05, 3.63) is 0 Å². The highest BCUT2D eigenvalue weighted by atomic mass is 127. The van der Waals surface area contributed by atoms with Crippen LogP contribution in [0.2, 0.25) is 0 Å². The van der Waals surface area contributed by atoms with Gasteiger partial charge in [-0.2, -0.15) is 0 Å². The Labute approximate surface area is 307 Å². The van der Waals surface area contributed by atoms with Gasteiger partial charge in [0.25, 0.3) is 0 Å². The van der Waals surface area contributed by atoms with E-state index in [4.69, 9.17) is 9.47 Å². The van der Waals surface area contributed by atoms with E-state index in [-0.39, 0.29) is 29.3 Å². The van der Waals surface area contributed by atoms with Crippen molar-refractivity contribution in [2.75, 3.05) is 14.2 Å². The van der Waals surface area contributed by atoms with Gasteiger partial charge in [-0.15, -0.1) is 82.9 Å². The second kappa shape index (κ2) is 13.3. The van der Waals surface area contributed by atoms with Crippen LogP contribution in [-0.2, 0) is 14.3 Å². The molecule has 0 aromatic rings. The average molecular weight is 1090 g/mol. The Bertz CT molecular complexity index is 1230. The van der Waals surface area contributed by atoms with Crippen LogP contribution in [0.25, 0.3) is 0 Å². The van der Waals surface area contributed by atoms with Crippen molar-refractivity contribution < 1.29 is 44.9 Å². The number of hydrogen-bond acceptors (Lipinski definition) is 9. The van der Waals surface area contributed by atoms with E-state index in [9.17, 15) is 35.4 Å². The van der Waals surface area contributed by atoms with Crippen LogP contribution in [0.3, 0.4) is 0 Å². The minimum Gasteiger partial charge on any atom is -0.469 e. The summed E-state index contributed by atoms with van der Waals surface area (Å²) >= 11 is -4.31. The predicted molar refractivity (Wildman–Crippen MR) is 215 cm³/mol. The lowest BCUT2D eigenvalue weighted by molar-refractivity contribution is -0.396. The molecule has 6 N–H and O–H groups in total. The summed E-state index contributed by atoms with van der Waals surface area (Å²) in [5, 5.41) is 70.0. The number of carbonyl (C=O) groups excluding carboxylic acids is 1. The molecule has 0 bridgehead atoms. The van der Waals surface area contributed by atoms with Crippen molar-refractivity contribution in [2.45, 2.75) is 116 Å². The van der Waals surface area contributed by atoms with E-state index in [1.165, 1.54) is 7.11 Å². The fourth-order valence-electron chi connectivity index (χ4n) is 10.9. The lowest BCUT2D eigenvalue weighted by Crippen LogP contribution is -2.90. The molecule has 4 aliphatic rings. The fourth-order valence-corrected chi connectivity index (χ4v) is 30.5. The van der Waals surface area contributed by atoms with Crippen molar-refractivity contribution in [3.63, 3.8) is 0 Å². The van der Waals surface area contributed by atoms with Gasteiger partial charge >= 0.3 is 11.9 Å². The Kier molecular flexibility index (Phi) is 11.6. The van der Waals surface area contributed by atoms with Crippen molar-refractivity contribution in [1.82, 2.24) is 0 Å². The third kappa shape index (κ3) is 4.93. The molecule has 4 aliphatic carbocycles. The maximum Gasteiger partial charge on any atom is 0.305 e. The SMILES string of the molecule is C=I[C@]12CC[C@]3(C)[C@@H]([C@H](C)CCC(=O)OC)CC[C@@]3(I=C)[C@]1(I=C)C(O)(O)[C@H](C(O)C(O)(O)O)[C@]1(I=C)C[C@H](OC)CC[C@]21C. The van der Waals surface area contributed by atoms with Crippen LogP contribution in [0.15, 0.2) is 0 Å². The summed E-state index contributed by atoms with van der Waals surface area (Å²) in [6.45, 7) is 6.68. The van der Waals surface area contributed by atoms with Crippen molar-refractivity contribution >= 4 is 107 Å². The zero-order valence-electron chi connectivity index (χ0n) is 27.0. The number of methoxy groups -OCH3 is 2. The Balaban J connectivity index is 2.09. The van der Waals surface area contributed by atoms with E-state index in [2.05, 4.69) is 38.8 Å². The molecule has 0 amide bonds. The van der Waals surface area contributed by atoms with Gasteiger partial charge in [-0.05, 0) is 74.0 Å². The molecule has 0 saturated heterocycles. The number of aliphatic hydroxyl groups is 6. The number of ether oxygens (including phenoxy) is 2. The van der Waals surface area contributed by atoms with Gasteiger partial charge in [-0.25, -0.2) is 0 Å². The molecule has 0 radical (unpaired) electrons. The van der Waals surface area contributed by atoms with Gasteiger partial charge in [-0.3, -0.25) is 4.79 Å². The largest absolute Gasteiger partial charge is 0.469 e. The topological polar surface area (TPSA) is 157 Å². The number of alkyl halides is 4. The average Bonchev–Trinajstić information content (AvgIpc) is 3.31. The second-order valence-electron chi connectivity index (χ2n) is 14.1. The Morgan fingerprint density at radius 2 is 1.56 bits per heavy atom. The molecule has 4 fully saturated rings. The number of hydrogen-bond donors (Lipinski definition) is 6. The molecule has 9 nitrogen and oxygen atoms in total. The van der Waals surface area contributed by atoms with Crippen LogP contribution < -0.4 is 0 Å². The van der Waals surface area contributed by atoms with Gasteiger partial charge in [-0.1, -0.05) is 38.8 Å². The van der Waals surface area contributed by atoms with Crippen LogP contribution in [0.4, 0.5) is 0 Å². The summed E-state index contributed by atoms with van der Waals surface area (Å²) in [5.74, 6) is -7.61. The molecule has 0 aliphatic heterocycles. The van der Waals surface area contributed by atoms with Gasteiger partial charge in [0, 0.05) is 23.8 Å². The normalized spacial score (nSPS) is 45.5. The van der Waals surface area contributed by atoms with Crippen molar-refractivity contribution in [1.29, 1.82) is 0 Å². The van der Waals surface area contributed by atoms with Gasteiger partial charge in [0.2, 0.25) is 0 Å². The number of esters is 1. The summed E-state index contributed by atoms with van der Waals surface area (Å²) in [4.78, 5) is 12.1. The summed E-state index contributed by atoms with van der Waals surface area (Å²) in [7, 11) is 3.03. The molecule has 0 aromatic carbocycles. The van der Waals surface area contributed by atoms with Gasteiger partial charge in [0.15, 0.2) is 5.79 Å². The number of halogens is 4. The van der Waals surface area contributed by atoms with E-state index in [1.807, 2.05) is 0 Å². The third-order valence-corrected chi connectivity index (χ3v) is 30.2. The first-order valence-corrected chi connectivity index (χ1v) is 25.7. The maximum absolute atomic E-state index is 13.2. The first kappa shape index (κ1) is 39.4. The number of fused-ring (bicyclic) bond motifs is 5. The standard InChI is InChI=1S/C32H52I4O9/c1-19(10-11-22(37)45-9)21-13-15-28(34-5)25(21,2)16-17-29(35-6)26(3)14-12-20(44-8)18-27(26,33-4)23(24(38)31(41,42)43)30(39,40)32(28,29)36-7/h19-21,23-24,38-43H,4-7,10-18H2,1-3,8-9H3/t19-,20-,21-,23-,24?,25-,26+,27-,28+,29+,32-/m1/s1. The van der Waals surface area contributed by atoms with Crippen LogP contribution in [0.5, 0.6) is 0 Å². The predicted octanol–water partition coefficient (Wildman–Crippen LogP) is 3.86. The molecule has 1 unspecified atom stereocenters. The van der Waals surface area contributed by atoms with Crippen LogP contribution >= 0.6 is 82.9 Å². The number of carbonyl (C=O) groups is 1. The highest BCUT2D eigenvalue weighted by Gasteiger charge is 2.90. The Hall–Kier alpha value is 1.59. The summed E-state index contributed by atoms with van der Waals surface area (Å²) in [5.41, 5.74) is -0.970. The molecule has 0 spiro atoms. The molecule has 0 aromatic heterocycles. The first-order valence-electron chi connectivity index (χ1n) is 15.3. The van der Waals surface area contributed by atoms with E-state index in [1.54, 1.807) is 7.11 Å². The lowest BCUT2D eigenvalue weighted by Gasteiger charge is -2.80. The molecule has 262 valence electrons. The minimum absolute atomic E-state index is 0.169. The maximum atomic E-state index is 13.2. The Morgan fingerprint density at radius 1 is 0.933 bits per heavy atom. The van der Waals surface area contributed by atoms with E-state index >= 15 is 0 Å². The van der Waals surface area contributed by atoms with E-state index < -0.39 is 126 Å². The lowest BCUT2D eigenvalue weighted by atomic mass is 9.39. The van der Waals surface area contributed by atoms with Crippen LogP contribution in [-0.4, -0.2) is 107 Å². The molecule has 4 saturated carbocycles. The van der Waals surface area contributed by atoms with Crippen LogP contribution in [0.1, 0.15) is 78.6 Å². The third-order valence-electron chi connectivity index (χ3n) is 13.0. The molecular weight excluding hydrogens is 1040 g/mol. The van der Waals surface area contributed by atoms with E-state index in [0.717, 1.165) is 25.7 Å². The van der Waals surface area contributed by atoms with Gasteiger partial charge in [0.05, 0.1) is 19.1 Å². The van der Waals surface area contributed by atoms with Crippen molar-refractivity contribution in [3.8, 4) is 0 Å². The van der Waals surface area contributed by atoms with Crippen LogP contribution in [0, 0.1) is 28.6 Å². The zero-order valence-corrected chi connectivity index (χ0v) is 35.6. The highest BCUT2D eigenvalue weighted by molar-refractivity contribution is 14.2. The monoisotopic (exact) mass is 1090 g/mol. The molecular formula is C32H52I4O9. The quantitative estimate of drug-likeness (QED) is 0.0784. The van der Waals surface area contributed by atoms with Gasteiger partial charge < -0.3 is 40.1 Å². The summed E-state index contributed by atoms with van der Waals surface area (Å²) in [6, 6.07) is 0. The van der Waals surface area contributed by atoms with E-state index in [0.29, 0.717) is 32.1 Å². The molecule has 4 rings (SSSR count). The summed E-state index contributed by atoms with van der Waals surface area (Å²) in [6.07, 6.45) is 3.37. The second-order valence-corrected chi connectivity index (χ2v) is 24.4. The minimum atomic E-state index is -3.57. The molecule has 11 atom stereocenters. The summed E-state index contributed by atoms with van der Waals surface area (Å²) < 4.78 is 25.7. The number of aliphatic hydroxyl groups excluding tert-OH is 1. The zero-order chi connectivity index (χ0) is 34.1. The first-order chi connectivity index (χ1) is 20.8. The van der Waals surface area contributed by atoms with Gasteiger partial charge in [0.1, 0.15) is 9.53 Å². The van der Waals surface area contributed by atoms with Crippen molar-refractivity contribution in [2.24, 2.45) is 28.6 Å². The number of rotatable bonds is 11.